The van der Waals surface area contributed by atoms with Gasteiger partial charge in [-0.15, -0.1) is 0 Å². The van der Waals surface area contributed by atoms with Gasteiger partial charge in [0.05, 0.1) is 19.6 Å². The number of amides is 1. The number of nitrogens with one attached hydrogen (secondary N) is 1. The monoisotopic (exact) mass is 422 g/mol. The minimum absolute atomic E-state index is 0.127. The first kappa shape index (κ1) is 21.5. The zero-order valence-electron chi connectivity index (χ0n) is 17.2. The molecule has 0 radical (unpaired) electrons. The Kier molecular flexibility index (Phi) is 7.46. The van der Waals surface area contributed by atoms with E-state index in [2.05, 4.69) is 27.3 Å². The molecule has 0 bridgehead atoms. The van der Waals surface area contributed by atoms with Crippen molar-refractivity contribution in [3.8, 4) is 0 Å². The summed E-state index contributed by atoms with van der Waals surface area (Å²) in [6, 6.07) is 0.491. The van der Waals surface area contributed by atoms with Crippen LogP contribution in [0.4, 0.5) is 0 Å². The number of nitrogens with zero attached hydrogens (tertiary/aromatic N) is 3. The van der Waals surface area contributed by atoms with E-state index in [-0.39, 0.29) is 30.5 Å². The highest BCUT2D eigenvalue weighted by atomic mass is 32.1. The lowest BCUT2D eigenvalue weighted by Gasteiger charge is -2.39. The second kappa shape index (κ2) is 10.0. The maximum absolute atomic E-state index is 12.5. The van der Waals surface area contributed by atoms with Gasteiger partial charge in [0.15, 0.2) is 10.8 Å². The molecule has 2 aliphatic rings. The summed E-state index contributed by atoms with van der Waals surface area (Å²) in [4.78, 5) is 28.3. The van der Waals surface area contributed by atoms with Crippen molar-refractivity contribution in [2.75, 3.05) is 26.7 Å². The Bertz CT molecular complexity index is 745. The second-order valence-electron chi connectivity index (χ2n) is 7.60. The summed E-state index contributed by atoms with van der Waals surface area (Å²) < 4.78 is 10.3. The predicted octanol–water partition coefficient (Wildman–Crippen LogP) is 2.27. The number of carbonyl (C=O) groups excluding carboxylic acids is 2. The first-order chi connectivity index (χ1) is 14.0. The molecule has 1 aliphatic heterocycles. The molecular weight excluding hydrogens is 392 g/mol. The number of hydrogen-bond donors (Lipinski definition) is 1. The number of hydrogen-bond acceptors (Lipinski definition) is 6. The molecule has 8 nitrogen and oxygen atoms in total. The highest BCUT2D eigenvalue weighted by Gasteiger charge is 2.31. The van der Waals surface area contributed by atoms with Crippen LogP contribution in [0.1, 0.15) is 67.3 Å². The van der Waals surface area contributed by atoms with Crippen molar-refractivity contribution in [2.45, 2.75) is 64.5 Å². The van der Waals surface area contributed by atoms with Crippen molar-refractivity contribution in [1.29, 1.82) is 0 Å². The van der Waals surface area contributed by atoms with E-state index in [0.29, 0.717) is 25.6 Å². The molecule has 2 heterocycles. The van der Waals surface area contributed by atoms with Crippen molar-refractivity contribution in [1.82, 2.24) is 20.3 Å². The SMILES string of the molecule is CCOC(=O)CCNC(=O)c1noc2c1CN(C(=S)N(C)C1CCCCC1)CC2. The smallest absolute Gasteiger partial charge is 0.307 e. The average Bonchev–Trinajstić information content (AvgIpc) is 3.16. The van der Waals surface area contributed by atoms with Crippen LogP contribution in [-0.2, 0) is 22.5 Å². The normalized spacial score (nSPS) is 16.8. The number of rotatable bonds is 6. The Hall–Kier alpha value is -2.16. The Morgan fingerprint density at radius 1 is 1.34 bits per heavy atom. The van der Waals surface area contributed by atoms with Crippen molar-refractivity contribution >= 4 is 29.2 Å². The molecule has 1 aromatic rings. The first-order valence-electron chi connectivity index (χ1n) is 10.4. The molecule has 1 saturated carbocycles. The Morgan fingerprint density at radius 3 is 2.83 bits per heavy atom. The molecule has 0 spiro atoms. The molecule has 9 heteroatoms. The fraction of sp³-hybridized carbons (Fsp3) is 0.700. The minimum atomic E-state index is -0.340. The van der Waals surface area contributed by atoms with Gasteiger partial charge in [-0.1, -0.05) is 24.4 Å². The fourth-order valence-electron chi connectivity index (χ4n) is 3.99. The lowest BCUT2D eigenvalue weighted by molar-refractivity contribution is -0.142. The number of carbonyl (C=O) groups is 2. The van der Waals surface area contributed by atoms with E-state index in [9.17, 15) is 9.59 Å². The molecule has 1 N–H and O–H groups in total. The zero-order valence-corrected chi connectivity index (χ0v) is 18.1. The summed E-state index contributed by atoms with van der Waals surface area (Å²) in [6.07, 6.45) is 6.96. The van der Waals surface area contributed by atoms with Crippen LogP contribution in [0.3, 0.4) is 0 Å². The van der Waals surface area contributed by atoms with E-state index >= 15 is 0 Å². The summed E-state index contributed by atoms with van der Waals surface area (Å²) in [5.74, 6) is 0.0601. The topological polar surface area (TPSA) is 87.9 Å². The average molecular weight is 423 g/mol. The van der Waals surface area contributed by atoms with Crippen molar-refractivity contribution in [2.24, 2.45) is 0 Å². The lowest BCUT2D eigenvalue weighted by Crippen LogP contribution is -2.48. The third-order valence-corrected chi connectivity index (χ3v) is 6.20. The second-order valence-corrected chi connectivity index (χ2v) is 7.97. The summed E-state index contributed by atoms with van der Waals surface area (Å²) >= 11 is 5.76. The molecule has 1 aliphatic carbocycles. The van der Waals surface area contributed by atoms with Gasteiger partial charge in [-0.2, -0.15) is 0 Å². The molecule has 1 amide bonds. The standard InChI is InChI=1S/C20H30N4O4S/c1-3-27-17(25)9-11-21-19(26)18-15-13-24(12-10-16(15)28-22-18)20(29)23(2)14-7-5-4-6-8-14/h14H,3-13H2,1-2H3,(H,21,26). The van der Waals surface area contributed by atoms with E-state index in [1.54, 1.807) is 6.92 Å². The van der Waals surface area contributed by atoms with Crippen LogP contribution < -0.4 is 5.32 Å². The van der Waals surface area contributed by atoms with Gasteiger partial charge in [0, 0.05) is 38.2 Å². The van der Waals surface area contributed by atoms with Gasteiger partial charge in [-0.05, 0) is 32.0 Å². The fourth-order valence-corrected chi connectivity index (χ4v) is 4.30. The summed E-state index contributed by atoms with van der Waals surface area (Å²) in [5.41, 5.74) is 1.06. The first-order valence-corrected chi connectivity index (χ1v) is 10.8. The molecule has 3 rings (SSSR count). The van der Waals surface area contributed by atoms with Crippen molar-refractivity contribution in [3.05, 3.63) is 17.0 Å². The molecule has 0 atom stereocenters. The summed E-state index contributed by atoms with van der Waals surface area (Å²) in [7, 11) is 2.07. The Labute approximate surface area is 176 Å². The molecule has 1 aromatic heterocycles. The number of fused-ring (bicyclic) bond motifs is 1. The van der Waals surface area contributed by atoms with Crippen LogP contribution in [0, 0.1) is 0 Å². The van der Waals surface area contributed by atoms with E-state index in [0.717, 1.165) is 23.0 Å². The highest BCUT2D eigenvalue weighted by Crippen LogP contribution is 2.26. The zero-order chi connectivity index (χ0) is 20.8. The number of aromatic nitrogens is 1. The van der Waals surface area contributed by atoms with Gasteiger partial charge in [0.25, 0.3) is 5.91 Å². The van der Waals surface area contributed by atoms with Crippen LogP contribution in [0.2, 0.25) is 0 Å². The largest absolute Gasteiger partial charge is 0.466 e. The third-order valence-electron chi connectivity index (χ3n) is 5.66. The number of thiocarbonyl (C=S) groups is 1. The summed E-state index contributed by atoms with van der Waals surface area (Å²) in [6.45, 7) is 3.54. The minimum Gasteiger partial charge on any atom is -0.466 e. The van der Waals surface area contributed by atoms with Gasteiger partial charge < -0.3 is 24.4 Å². The molecule has 160 valence electrons. The molecule has 0 saturated heterocycles. The molecule has 0 unspecified atom stereocenters. The van der Waals surface area contributed by atoms with Crippen LogP contribution in [0.25, 0.3) is 0 Å². The van der Waals surface area contributed by atoms with Crippen LogP contribution in [0.5, 0.6) is 0 Å². The van der Waals surface area contributed by atoms with Crippen LogP contribution in [0.15, 0.2) is 4.52 Å². The van der Waals surface area contributed by atoms with Crippen LogP contribution >= 0.6 is 12.2 Å². The van der Waals surface area contributed by atoms with Gasteiger partial charge >= 0.3 is 5.97 Å². The van der Waals surface area contributed by atoms with Crippen molar-refractivity contribution in [3.63, 3.8) is 0 Å². The maximum Gasteiger partial charge on any atom is 0.307 e. The Morgan fingerprint density at radius 2 is 2.10 bits per heavy atom. The summed E-state index contributed by atoms with van der Waals surface area (Å²) in [5, 5.41) is 7.51. The van der Waals surface area contributed by atoms with E-state index in [1.165, 1.54) is 32.1 Å². The van der Waals surface area contributed by atoms with Gasteiger partial charge in [-0.3, -0.25) is 9.59 Å². The molecular formula is C20H30N4O4S. The third kappa shape index (κ3) is 5.26. The number of esters is 1. The van der Waals surface area contributed by atoms with Crippen LogP contribution in [-0.4, -0.2) is 64.7 Å². The number of ether oxygens (including phenoxy) is 1. The van der Waals surface area contributed by atoms with Crippen molar-refractivity contribution < 1.29 is 18.8 Å². The lowest BCUT2D eigenvalue weighted by atomic mass is 9.94. The highest BCUT2D eigenvalue weighted by molar-refractivity contribution is 7.80. The molecule has 29 heavy (non-hydrogen) atoms. The van der Waals surface area contributed by atoms with E-state index < -0.39 is 0 Å². The van der Waals surface area contributed by atoms with E-state index in [1.807, 2.05) is 0 Å². The van der Waals surface area contributed by atoms with Gasteiger partial charge in [-0.25, -0.2) is 0 Å². The molecule has 1 fully saturated rings. The quantitative estimate of drug-likeness (QED) is 0.552. The molecule has 0 aromatic carbocycles. The predicted molar refractivity (Wildman–Crippen MR) is 111 cm³/mol. The van der Waals surface area contributed by atoms with E-state index in [4.69, 9.17) is 21.5 Å². The Balaban J connectivity index is 1.59. The van der Waals surface area contributed by atoms with Gasteiger partial charge in [0.1, 0.15) is 5.76 Å². The van der Waals surface area contributed by atoms with Gasteiger partial charge in [0.2, 0.25) is 0 Å². The maximum atomic E-state index is 12.5.